The molecule has 1 aliphatic rings. The van der Waals surface area contributed by atoms with Gasteiger partial charge in [0.15, 0.2) is 0 Å². The van der Waals surface area contributed by atoms with Crippen LogP contribution >= 0.6 is 0 Å². The van der Waals surface area contributed by atoms with E-state index in [1.807, 2.05) is 0 Å². The van der Waals surface area contributed by atoms with Crippen molar-refractivity contribution >= 4 is 0 Å². The van der Waals surface area contributed by atoms with Crippen molar-refractivity contribution in [2.45, 2.75) is 77.7 Å². The monoisotopic (exact) mass is 285 g/mol. The molecule has 1 heterocycles. The van der Waals surface area contributed by atoms with E-state index in [1.54, 1.807) is 0 Å². The Morgan fingerprint density at radius 3 is 2.30 bits per heavy atom. The van der Waals surface area contributed by atoms with Gasteiger partial charge in [0, 0.05) is 0 Å². The number of ether oxygens (including phenoxy) is 2. The molecular formula is C17H35NO2. The summed E-state index contributed by atoms with van der Waals surface area (Å²) in [4.78, 5) is 0. The second kappa shape index (κ2) is 12.6. The molecular weight excluding hydrogens is 250 g/mol. The molecule has 1 aliphatic heterocycles. The topological polar surface area (TPSA) is 30.5 Å². The van der Waals surface area contributed by atoms with Crippen LogP contribution in [0.25, 0.3) is 0 Å². The fraction of sp³-hybridized carbons (Fsp3) is 1.00. The van der Waals surface area contributed by atoms with Gasteiger partial charge in [-0.1, -0.05) is 65.2 Å². The van der Waals surface area contributed by atoms with E-state index in [4.69, 9.17) is 9.47 Å². The highest BCUT2D eigenvalue weighted by molar-refractivity contribution is 4.67. The van der Waals surface area contributed by atoms with Crippen molar-refractivity contribution in [1.29, 1.82) is 0 Å². The molecule has 1 fully saturated rings. The summed E-state index contributed by atoms with van der Waals surface area (Å²) in [7, 11) is 0. The normalized spacial score (nSPS) is 18.3. The highest BCUT2D eigenvalue weighted by Crippen LogP contribution is 2.20. The van der Waals surface area contributed by atoms with E-state index in [-0.39, 0.29) is 0 Å². The molecule has 1 unspecified atom stereocenters. The zero-order chi connectivity index (χ0) is 14.5. The van der Waals surface area contributed by atoms with Crippen LogP contribution in [0.1, 0.15) is 71.6 Å². The van der Waals surface area contributed by atoms with Crippen molar-refractivity contribution in [3.63, 3.8) is 0 Å². The van der Waals surface area contributed by atoms with Crippen molar-refractivity contribution in [3.8, 4) is 0 Å². The fourth-order valence-electron chi connectivity index (χ4n) is 2.88. The van der Waals surface area contributed by atoms with Crippen molar-refractivity contribution in [2.24, 2.45) is 5.92 Å². The summed E-state index contributed by atoms with van der Waals surface area (Å²) in [5, 5.41) is 3.52. The maximum absolute atomic E-state index is 5.27. The minimum Gasteiger partial charge on any atom is -0.354 e. The molecule has 0 aromatic carbocycles. The lowest BCUT2D eigenvalue weighted by atomic mass is 9.93. The van der Waals surface area contributed by atoms with E-state index >= 15 is 0 Å². The van der Waals surface area contributed by atoms with Gasteiger partial charge in [-0.05, 0) is 18.9 Å². The van der Waals surface area contributed by atoms with Gasteiger partial charge in [-0.15, -0.1) is 0 Å². The fourth-order valence-corrected chi connectivity index (χ4v) is 2.88. The van der Waals surface area contributed by atoms with Crippen LogP contribution in [-0.4, -0.2) is 32.6 Å². The largest absolute Gasteiger partial charge is 0.354 e. The third kappa shape index (κ3) is 8.93. The molecule has 1 N–H and O–H groups in total. The van der Waals surface area contributed by atoms with Crippen molar-refractivity contribution in [3.05, 3.63) is 0 Å². The minimum absolute atomic E-state index is 0.403. The number of rotatable bonds is 12. The average molecular weight is 285 g/mol. The Hall–Kier alpha value is -0.120. The van der Waals surface area contributed by atoms with Gasteiger partial charge < -0.3 is 14.8 Å². The zero-order valence-corrected chi connectivity index (χ0v) is 13.7. The van der Waals surface area contributed by atoms with E-state index in [0.717, 1.165) is 25.7 Å². The first-order valence-corrected chi connectivity index (χ1v) is 8.75. The van der Waals surface area contributed by atoms with Gasteiger partial charge in [0.25, 0.3) is 0 Å². The van der Waals surface area contributed by atoms with Gasteiger partial charge in [-0.3, -0.25) is 0 Å². The first-order chi connectivity index (χ1) is 9.86. The Bertz CT molecular complexity index is 205. The molecule has 0 bridgehead atoms. The van der Waals surface area contributed by atoms with Crippen molar-refractivity contribution in [1.82, 2.24) is 5.32 Å². The standard InChI is InChI=1S/C17H35NO2/c1-3-5-6-7-10-16(4-2)11-8-9-12-18-17-13-19-15-20-14-17/h16-18H,3-15H2,1-2H3. The molecule has 120 valence electrons. The molecule has 3 heteroatoms. The molecule has 3 nitrogen and oxygen atoms in total. The van der Waals surface area contributed by atoms with Crippen LogP contribution in [0.15, 0.2) is 0 Å². The van der Waals surface area contributed by atoms with Gasteiger partial charge in [0.05, 0.1) is 19.3 Å². The summed E-state index contributed by atoms with van der Waals surface area (Å²) in [6.07, 6.45) is 12.4. The summed E-state index contributed by atoms with van der Waals surface area (Å²) in [5.74, 6) is 0.952. The van der Waals surface area contributed by atoms with E-state index in [0.29, 0.717) is 12.8 Å². The summed E-state index contributed by atoms with van der Waals surface area (Å²) in [6.45, 7) is 7.80. The molecule has 0 saturated carbocycles. The predicted molar refractivity (Wildman–Crippen MR) is 85.0 cm³/mol. The van der Waals surface area contributed by atoms with Crippen LogP contribution < -0.4 is 5.32 Å². The predicted octanol–water partition coefficient (Wildman–Crippen LogP) is 4.12. The smallest absolute Gasteiger partial charge is 0.146 e. The summed E-state index contributed by atoms with van der Waals surface area (Å²) < 4.78 is 10.5. The molecule has 0 aromatic rings. The highest BCUT2D eigenvalue weighted by Gasteiger charge is 2.12. The molecule has 1 atom stereocenters. The lowest BCUT2D eigenvalue weighted by Crippen LogP contribution is -2.41. The van der Waals surface area contributed by atoms with Gasteiger partial charge in [0.1, 0.15) is 6.79 Å². The van der Waals surface area contributed by atoms with Gasteiger partial charge in [0.2, 0.25) is 0 Å². The van der Waals surface area contributed by atoms with Crippen LogP contribution in [0.2, 0.25) is 0 Å². The molecule has 0 radical (unpaired) electrons. The molecule has 0 amide bonds. The van der Waals surface area contributed by atoms with E-state index < -0.39 is 0 Å². The number of unbranched alkanes of at least 4 members (excludes halogenated alkanes) is 4. The quantitative estimate of drug-likeness (QED) is 0.547. The van der Waals surface area contributed by atoms with Crippen LogP contribution in [0.3, 0.4) is 0 Å². The molecule has 0 aromatic heterocycles. The zero-order valence-electron chi connectivity index (χ0n) is 13.7. The number of nitrogens with one attached hydrogen (secondary N) is 1. The Morgan fingerprint density at radius 1 is 0.950 bits per heavy atom. The second-order valence-corrected chi connectivity index (χ2v) is 6.13. The third-order valence-electron chi connectivity index (χ3n) is 4.32. The van der Waals surface area contributed by atoms with Gasteiger partial charge in [-0.2, -0.15) is 0 Å². The van der Waals surface area contributed by atoms with E-state index in [1.165, 1.54) is 57.8 Å². The first-order valence-electron chi connectivity index (χ1n) is 8.75. The molecule has 1 rings (SSSR count). The Labute approximate surface area is 125 Å². The van der Waals surface area contributed by atoms with Gasteiger partial charge in [-0.25, -0.2) is 0 Å². The SMILES string of the molecule is CCCCCCC(CC)CCCCNC1COCOC1. The average Bonchev–Trinajstić information content (AvgIpc) is 2.50. The second-order valence-electron chi connectivity index (χ2n) is 6.13. The number of hydrogen-bond donors (Lipinski definition) is 1. The maximum Gasteiger partial charge on any atom is 0.146 e. The van der Waals surface area contributed by atoms with Crippen LogP contribution in [0.4, 0.5) is 0 Å². The third-order valence-corrected chi connectivity index (χ3v) is 4.32. The van der Waals surface area contributed by atoms with Crippen molar-refractivity contribution in [2.75, 3.05) is 26.6 Å². The van der Waals surface area contributed by atoms with Crippen LogP contribution in [0.5, 0.6) is 0 Å². The van der Waals surface area contributed by atoms with Crippen molar-refractivity contribution < 1.29 is 9.47 Å². The Balaban J connectivity index is 1.92. The lowest BCUT2D eigenvalue weighted by Gasteiger charge is -2.23. The molecule has 20 heavy (non-hydrogen) atoms. The summed E-state index contributed by atoms with van der Waals surface area (Å²) in [6, 6.07) is 0.403. The molecule has 1 saturated heterocycles. The first kappa shape index (κ1) is 17.9. The van der Waals surface area contributed by atoms with Crippen LogP contribution in [0, 0.1) is 5.92 Å². The summed E-state index contributed by atoms with van der Waals surface area (Å²) >= 11 is 0. The van der Waals surface area contributed by atoms with Gasteiger partial charge >= 0.3 is 0 Å². The molecule has 0 aliphatic carbocycles. The van der Waals surface area contributed by atoms with E-state index in [2.05, 4.69) is 19.2 Å². The lowest BCUT2D eigenvalue weighted by molar-refractivity contribution is -0.112. The highest BCUT2D eigenvalue weighted by atomic mass is 16.7. The summed E-state index contributed by atoms with van der Waals surface area (Å²) in [5.41, 5.74) is 0. The Kier molecular flexibility index (Phi) is 11.3. The minimum atomic E-state index is 0.403. The number of hydrogen-bond acceptors (Lipinski definition) is 3. The van der Waals surface area contributed by atoms with E-state index in [9.17, 15) is 0 Å². The Morgan fingerprint density at radius 2 is 1.65 bits per heavy atom. The molecule has 0 spiro atoms. The van der Waals surface area contributed by atoms with Crippen LogP contribution in [-0.2, 0) is 9.47 Å². The maximum atomic E-state index is 5.27.